The highest BCUT2D eigenvalue weighted by atomic mass is 16.7. The summed E-state index contributed by atoms with van der Waals surface area (Å²) >= 11 is 0. The molecule has 1 heterocycles. The molecular formula is C19H20O2. The Hall–Kier alpha value is -2.06. The maximum atomic E-state index is 6.05. The zero-order valence-corrected chi connectivity index (χ0v) is 12.7. The Morgan fingerprint density at radius 3 is 2.33 bits per heavy atom. The van der Waals surface area contributed by atoms with Gasteiger partial charge in [-0.1, -0.05) is 54.6 Å². The Morgan fingerprint density at radius 1 is 0.952 bits per heavy atom. The molecule has 2 aromatic carbocycles. The van der Waals surface area contributed by atoms with E-state index in [1.807, 2.05) is 51.1 Å². The van der Waals surface area contributed by atoms with E-state index in [0.29, 0.717) is 0 Å². The molecule has 0 amide bonds. The molecule has 3 rings (SSSR count). The molecular weight excluding hydrogens is 260 g/mol. The average molecular weight is 280 g/mol. The van der Waals surface area contributed by atoms with Crippen molar-refractivity contribution in [1.82, 2.24) is 0 Å². The van der Waals surface area contributed by atoms with E-state index in [1.54, 1.807) is 0 Å². The summed E-state index contributed by atoms with van der Waals surface area (Å²) in [5.74, 6) is 0.867. The summed E-state index contributed by atoms with van der Waals surface area (Å²) < 4.78 is 12.1. The van der Waals surface area contributed by atoms with Gasteiger partial charge in [-0.15, -0.1) is 0 Å². The molecule has 1 atom stereocenters. The molecule has 0 aliphatic carbocycles. The van der Waals surface area contributed by atoms with Gasteiger partial charge in [0, 0.05) is 11.1 Å². The first-order chi connectivity index (χ1) is 10.0. The number of rotatable bonds is 2. The number of hydrogen-bond donors (Lipinski definition) is 0. The molecule has 2 aromatic rings. The fourth-order valence-corrected chi connectivity index (χ4v) is 2.39. The molecule has 0 bridgehead atoms. The van der Waals surface area contributed by atoms with E-state index in [2.05, 4.69) is 30.3 Å². The Morgan fingerprint density at radius 2 is 1.62 bits per heavy atom. The van der Waals surface area contributed by atoms with Crippen LogP contribution in [0.1, 0.15) is 43.8 Å². The molecule has 0 saturated carbocycles. The predicted octanol–water partition coefficient (Wildman–Crippen LogP) is 5.03. The Bertz CT molecular complexity index is 651. The van der Waals surface area contributed by atoms with Gasteiger partial charge in [-0.3, -0.25) is 0 Å². The van der Waals surface area contributed by atoms with Gasteiger partial charge in [0.15, 0.2) is 0 Å². The van der Waals surface area contributed by atoms with Crippen molar-refractivity contribution in [3.05, 3.63) is 71.3 Å². The van der Waals surface area contributed by atoms with Crippen LogP contribution in [0.5, 0.6) is 0 Å². The van der Waals surface area contributed by atoms with E-state index in [0.717, 1.165) is 22.4 Å². The molecule has 1 aliphatic rings. The first-order valence-corrected chi connectivity index (χ1v) is 7.23. The van der Waals surface area contributed by atoms with E-state index in [-0.39, 0.29) is 11.9 Å². The summed E-state index contributed by atoms with van der Waals surface area (Å²) in [4.78, 5) is 0. The van der Waals surface area contributed by atoms with Crippen molar-refractivity contribution >= 4 is 11.8 Å². The maximum absolute atomic E-state index is 6.05. The second-order valence-corrected chi connectivity index (χ2v) is 6.19. The average Bonchev–Trinajstić information content (AvgIpc) is 2.77. The van der Waals surface area contributed by atoms with Gasteiger partial charge < -0.3 is 9.47 Å². The highest BCUT2D eigenvalue weighted by Crippen LogP contribution is 2.41. The van der Waals surface area contributed by atoms with Gasteiger partial charge in [0.05, 0.1) is 5.60 Å². The van der Waals surface area contributed by atoms with Crippen LogP contribution in [0, 0.1) is 0 Å². The smallest absolute Gasteiger partial charge is 0.227 e. The fraction of sp³-hybridized carbons (Fsp3) is 0.263. The van der Waals surface area contributed by atoms with E-state index in [9.17, 15) is 0 Å². The monoisotopic (exact) mass is 280 g/mol. The molecule has 1 aliphatic heterocycles. The summed E-state index contributed by atoms with van der Waals surface area (Å²) in [6.07, 6.45) is 1.72. The molecule has 0 fully saturated rings. The van der Waals surface area contributed by atoms with E-state index in [4.69, 9.17) is 9.47 Å². The van der Waals surface area contributed by atoms with Gasteiger partial charge in [-0.2, -0.15) is 0 Å². The minimum atomic E-state index is -0.337. The van der Waals surface area contributed by atoms with E-state index in [1.165, 1.54) is 0 Å². The fourth-order valence-electron chi connectivity index (χ4n) is 2.39. The number of ether oxygens (including phenoxy) is 2. The van der Waals surface area contributed by atoms with Gasteiger partial charge in [0.1, 0.15) is 5.76 Å². The molecule has 1 unspecified atom stereocenters. The van der Waals surface area contributed by atoms with Crippen molar-refractivity contribution in [2.75, 3.05) is 0 Å². The molecule has 2 nitrogen and oxygen atoms in total. The standard InChI is InChI=1S/C19H20O2/c1-19(2,3)21-18-16-12-8-7-11-15(16)17(20-18)13-14-9-5-4-6-10-14/h4-13,18H,1-3H3/b17-13-. The van der Waals surface area contributed by atoms with Crippen LogP contribution in [0.2, 0.25) is 0 Å². The zero-order chi connectivity index (χ0) is 14.9. The number of benzene rings is 2. The van der Waals surface area contributed by atoms with Gasteiger partial charge in [-0.25, -0.2) is 0 Å². The summed E-state index contributed by atoms with van der Waals surface area (Å²) in [6.45, 7) is 6.12. The Labute approximate surface area is 126 Å². The summed E-state index contributed by atoms with van der Waals surface area (Å²) in [5.41, 5.74) is 3.07. The molecule has 0 N–H and O–H groups in total. The van der Waals surface area contributed by atoms with Crippen LogP contribution in [0.3, 0.4) is 0 Å². The second-order valence-electron chi connectivity index (χ2n) is 6.19. The first-order valence-electron chi connectivity index (χ1n) is 7.23. The molecule has 0 spiro atoms. The van der Waals surface area contributed by atoms with Crippen molar-refractivity contribution in [3.63, 3.8) is 0 Å². The first kappa shape index (κ1) is 13.9. The third-order valence-electron chi connectivity index (χ3n) is 3.27. The molecule has 0 saturated heterocycles. The Kier molecular flexibility index (Phi) is 3.56. The van der Waals surface area contributed by atoms with Crippen LogP contribution in [0.15, 0.2) is 54.6 Å². The van der Waals surface area contributed by atoms with Gasteiger partial charge in [-0.05, 0) is 32.4 Å². The summed E-state index contributed by atoms with van der Waals surface area (Å²) in [5, 5.41) is 0. The van der Waals surface area contributed by atoms with Crippen molar-refractivity contribution in [1.29, 1.82) is 0 Å². The topological polar surface area (TPSA) is 18.5 Å². The highest BCUT2D eigenvalue weighted by molar-refractivity contribution is 5.80. The zero-order valence-electron chi connectivity index (χ0n) is 12.7. The lowest BCUT2D eigenvalue weighted by Crippen LogP contribution is -2.22. The SMILES string of the molecule is CC(C)(C)OC1O/C(=C\c2ccccc2)c2ccccc21. The van der Waals surface area contributed by atoms with Crippen molar-refractivity contribution in [3.8, 4) is 0 Å². The predicted molar refractivity (Wildman–Crippen MR) is 85.4 cm³/mol. The summed E-state index contributed by atoms with van der Waals surface area (Å²) in [6, 6.07) is 18.4. The van der Waals surface area contributed by atoms with Crippen molar-refractivity contribution in [2.24, 2.45) is 0 Å². The molecule has 2 heteroatoms. The van der Waals surface area contributed by atoms with Gasteiger partial charge in [0.25, 0.3) is 0 Å². The Balaban J connectivity index is 1.96. The van der Waals surface area contributed by atoms with Gasteiger partial charge >= 0.3 is 0 Å². The maximum Gasteiger partial charge on any atom is 0.227 e. The molecule has 21 heavy (non-hydrogen) atoms. The van der Waals surface area contributed by atoms with Crippen molar-refractivity contribution in [2.45, 2.75) is 32.7 Å². The largest absolute Gasteiger partial charge is 0.460 e. The van der Waals surface area contributed by atoms with E-state index >= 15 is 0 Å². The van der Waals surface area contributed by atoms with Crippen molar-refractivity contribution < 1.29 is 9.47 Å². The third kappa shape index (κ3) is 3.17. The van der Waals surface area contributed by atoms with Crippen LogP contribution in [-0.4, -0.2) is 5.60 Å². The molecule has 0 aromatic heterocycles. The number of hydrogen-bond acceptors (Lipinski definition) is 2. The van der Waals surface area contributed by atoms with Crippen LogP contribution in [-0.2, 0) is 9.47 Å². The summed E-state index contributed by atoms with van der Waals surface area (Å²) in [7, 11) is 0. The van der Waals surface area contributed by atoms with Crippen LogP contribution < -0.4 is 0 Å². The minimum absolute atomic E-state index is 0.250. The lowest BCUT2D eigenvalue weighted by atomic mass is 10.1. The third-order valence-corrected chi connectivity index (χ3v) is 3.27. The lowest BCUT2D eigenvalue weighted by molar-refractivity contribution is -0.160. The normalized spacial score (nSPS) is 19.4. The van der Waals surface area contributed by atoms with Crippen LogP contribution >= 0.6 is 0 Å². The van der Waals surface area contributed by atoms with E-state index < -0.39 is 0 Å². The molecule has 108 valence electrons. The minimum Gasteiger partial charge on any atom is -0.460 e. The van der Waals surface area contributed by atoms with Crippen LogP contribution in [0.4, 0.5) is 0 Å². The number of fused-ring (bicyclic) bond motifs is 1. The second kappa shape index (κ2) is 5.38. The lowest BCUT2D eigenvalue weighted by Gasteiger charge is -2.24. The van der Waals surface area contributed by atoms with Crippen LogP contribution in [0.25, 0.3) is 11.8 Å². The molecule has 0 radical (unpaired) electrons. The highest BCUT2D eigenvalue weighted by Gasteiger charge is 2.31. The quantitative estimate of drug-likeness (QED) is 0.768. The van der Waals surface area contributed by atoms with Gasteiger partial charge in [0.2, 0.25) is 6.29 Å².